The fourth-order valence-corrected chi connectivity index (χ4v) is 2.37. The first kappa shape index (κ1) is 14.0. The van der Waals surface area contributed by atoms with Crippen molar-refractivity contribution < 1.29 is 5.11 Å². The Labute approximate surface area is 119 Å². The summed E-state index contributed by atoms with van der Waals surface area (Å²) in [7, 11) is 0. The molecule has 0 saturated heterocycles. The van der Waals surface area contributed by atoms with Gasteiger partial charge in [-0.15, -0.1) is 0 Å². The highest BCUT2D eigenvalue weighted by molar-refractivity contribution is 6.31. The molecule has 0 aliphatic rings. The Kier molecular flexibility index (Phi) is 4.56. The van der Waals surface area contributed by atoms with Crippen molar-refractivity contribution in [3.8, 4) is 0 Å². The minimum Gasteiger partial charge on any atom is -0.392 e. The van der Waals surface area contributed by atoms with Gasteiger partial charge in [0.1, 0.15) is 0 Å². The molecule has 0 fully saturated rings. The van der Waals surface area contributed by atoms with Crippen molar-refractivity contribution in [1.82, 2.24) is 4.98 Å². The van der Waals surface area contributed by atoms with Crippen LogP contribution in [0.15, 0.2) is 36.7 Å². The van der Waals surface area contributed by atoms with Gasteiger partial charge in [-0.25, -0.2) is 0 Å². The monoisotopic (exact) mass is 275 g/mol. The lowest BCUT2D eigenvalue weighted by Crippen LogP contribution is -2.15. The topological polar surface area (TPSA) is 33.1 Å². The van der Waals surface area contributed by atoms with Gasteiger partial charge in [-0.1, -0.05) is 35.4 Å². The Morgan fingerprint density at radius 3 is 2.63 bits per heavy atom. The predicted octanol–water partition coefficient (Wildman–Crippen LogP) is 3.50. The van der Waals surface area contributed by atoms with Crippen molar-refractivity contribution in [3.63, 3.8) is 0 Å². The van der Waals surface area contributed by atoms with Crippen LogP contribution in [0.5, 0.6) is 0 Å². The van der Waals surface area contributed by atoms with Crippen LogP contribution in [0.2, 0.25) is 5.02 Å². The number of benzene rings is 1. The second kappa shape index (κ2) is 6.18. The van der Waals surface area contributed by atoms with E-state index in [4.69, 9.17) is 11.6 Å². The summed E-state index contributed by atoms with van der Waals surface area (Å²) in [5.74, 6) is 0. The molecule has 1 atom stereocenters. The molecule has 0 aliphatic carbocycles. The Balaban J connectivity index is 2.07. The van der Waals surface area contributed by atoms with Crippen LogP contribution in [0.4, 0.5) is 0 Å². The number of aliphatic hydroxyl groups excluding tert-OH is 1. The van der Waals surface area contributed by atoms with E-state index < -0.39 is 6.10 Å². The average Bonchev–Trinajstić information content (AvgIpc) is 2.37. The number of hydrogen-bond donors (Lipinski definition) is 1. The van der Waals surface area contributed by atoms with Gasteiger partial charge in [0.05, 0.1) is 11.1 Å². The standard InChI is InChI=1S/C16H18ClNO/c1-11-3-4-12(2)14(7-11)9-15(19)8-13-5-6-18-10-16(13)17/h3-7,10,15,19H,8-9H2,1-2H3. The molecule has 1 heterocycles. The van der Waals surface area contributed by atoms with Gasteiger partial charge in [-0.3, -0.25) is 4.98 Å². The van der Waals surface area contributed by atoms with Crippen LogP contribution in [-0.4, -0.2) is 16.2 Å². The molecule has 0 saturated carbocycles. The molecule has 0 radical (unpaired) electrons. The SMILES string of the molecule is Cc1ccc(C)c(CC(O)Cc2ccncc2Cl)c1. The van der Waals surface area contributed by atoms with Crippen LogP contribution < -0.4 is 0 Å². The first-order chi connectivity index (χ1) is 9.06. The first-order valence-electron chi connectivity index (χ1n) is 6.39. The van der Waals surface area contributed by atoms with Gasteiger partial charge in [0.15, 0.2) is 0 Å². The van der Waals surface area contributed by atoms with Crippen LogP contribution in [-0.2, 0) is 12.8 Å². The summed E-state index contributed by atoms with van der Waals surface area (Å²) < 4.78 is 0. The summed E-state index contributed by atoms with van der Waals surface area (Å²) in [5, 5.41) is 10.8. The van der Waals surface area contributed by atoms with Crippen molar-refractivity contribution in [2.45, 2.75) is 32.8 Å². The van der Waals surface area contributed by atoms with Crippen molar-refractivity contribution in [3.05, 3.63) is 63.9 Å². The van der Waals surface area contributed by atoms with Gasteiger partial charge < -0.3 is 5.11 Å². The number of hydrogen-bond acceptors (Lipinski definition) is 2. The zero-order chi connectivity index (χ0) is 13.8. The van der Waals surface area contributed by atoms with Crippen LogP contribution >= 0.6 is 11.6 Å². The number of aryl methyl sites for hydroxylation is 2. The summed E-state index contributed by atoms with van der Waals surface area (Å²) in [6.45, 7) is 4.13. The number of nitrogens with zero attached hydrogens (tertiary/aromatic N) is 1. The summed E-state index contributed by atoms with van der Waals surface area (Å²) >= 11 is 6.05. The van der Waals surface area contributed by atoms with Crippen molar-refractivity contribution >= 4 is 11.6 Å². The Bertz CT molecular complexity index is 568. The second-order valence-electron chi connectivity index (χ2n) is 4.96. The molecular formula is C16H18ClNO. The Hall–Kier alpha value is -1.38. The van der Waals surface area contributed by atoms with E-state index in [1.54, 1.807) is 12.4 Å². The van der Waals surface area contributed by atoms with E-state index in [0.717, 1.165) is 5.56 Å². The predicted molar refractivity (Wildman–Crippen MR) is 78.6 cm³/mol. The molecule has 0 amide bonds. The molecule has 1 aromatic heterocycles. The molecule has 2 rings (SSSR count). The van der Waals surface area contributed by atoms with E-state index in [-0.39, 0.29) is 0 Å². The number of pyridine rings is 1. The van der Waals surface area contributed by atoms with Crippen LogP contribution in [0.1, 0.15) is 22.3 Å². The minimum atomic E-state index is -0.430. The van der Waals surface area contributed by atoms with Crippen LogP contribution in [0.3, 0.4) is 0 Å². The van der Waals surface area contributed by atoms with Crippen LogP contribution in [0, 0.1) is 13.8 Å². The number of rotatable bonds is 4. The summed E-state index contributed by atoms with van der Waals surface area (Å²) in [5.41, 5.74) is 4.56. The third kappa shape index (κ3) is 3.79. The van der Waals surface area contributed by atoms with Crippen molar-refractivity contribution in [2.24, 2.45) is 0 Å². The lowest BCUT2D eigenvalue weighted by molar-refractivity contribution is 0.175. The quantitative estimate of drug-likeness (QED) is 0.926. The molecule has 1 unspecified atom stereocenters. The van der Waals surface area contributed by atoms with E-state index in [2.05, 4.69) is 37.0 Å². The second-order valence-corrected chi connectivity index (χ2v) is 5.37. The molecule has 1 aromatic carbocycles. The lowest BCUT2D eigenvalue weighted by Gasteiger charge is -2.14. The zero-order valence-electron chi connectivity index (χ0n) is 11.2. The fraction of sp³-hybridized carbons (Fsp3) is 0.312. The zero-order valence-corrected chi connectivity index (χ0v) is 12.0. The fourth-order valence-electron chi connectivity index (χ4n) is 2.17. The van der Waals surface area contributed by atoms with Gasteiger partial charge in [0.25, 0.3) is 0 Å². The average molecular weight is 276 g/mol. The summed E-state index contributed by atoms with van der Waals surface area (Å²) in [4.78, 5) is 3.95. The number of halogens is 1. The van der Waals surface area contributed by atoms with E-state index in [1.165, 1.54) is 16.7 Å². The summed E-state index contributed by atoms with van der Waals surface area (Å²) in [6.07, 6.45) is 4.08. The molecule has 3 heteroatoms. The largest absolute Gasteiger partial charge is 0.392 e. The van der Waals surface area contributed by atoms with E-state index in [0.29, 0.717) is 17.9 Å². The van der Waals surface area contributed by atoms with Crippen LogP contribution in [0.25, 0.3) is 0 Å². The molecular weight excluding hydrogens is 258 g/mol. The van der Waals surface area contributed by atoms with E-state index in [9.17, 15) is 5.11 Å². The highest BCUT2D eigenvalue weighted by Gasteiger charge is 2.11. The summed E-state index contributed by atoms with van der Waals surface area (Å²) in [6, 6.07) is 8.17. The van der Waals surface area contributed by atoms with Gasteiger partial charge >= 0.3 is 0 Å². The molecule has 0 aliphatic heterocycles. The highest BCUT2D eigenvalue weighted by atomic mass is 35.5. The van der Waals surface area contributed by atoms with Gasteiger partial charge in [-0.2, -0.15) is 0 Å². The first-order valence-corrected chi connectivity index (χ1v) is 6.76. The molecule has 2 nitrogen and oxygen atoms in total. The minimum absolute atomic E-state index is 0.430. The van der Waals surface area contributed by atoms with Gasteiger partial charge in [-0.05, 0) is 43.0 Å². The molecule has 0 spiro atoms. The molecule has 2 aromatic rings. The van der Waals surface area contributed by atoms with Gasteiger partial charge in [0, 0.05) is 18.8 Å². The van der Waals surface area contributed by atoms with E-state index in [1.807, 2.05) is 6.07 Å². The maximum atomic E-state index is 10.2. The van der Waals surface area contributed by atoms with Gasteiger partial charge in [0.2, 0.25) is 0 Å². The van der Waals surface area contributed by atoms with Crippen molar-refractivity contribution in [2.75, 3.05) is 0 Å². The molecule has 19 heavy (non-hydrogen) atoms. The van der Waals surface area contributed by atoms with E-state index >= 15 is 0 Å². The normalized spacial score (nSPS) is 12.4. The lowest BCUT2D eigenvalue weighted by atomic mass is 9.97. The Morgan fingerprint density at radius 2 is 1.89 bits per heavy atom. The smallest absolute Gasteiger partial charge is 0.0622 e. The maximum Gasteiger partial charge on any atom is 0.0622 e. The number of aliphatic hydroxyl groups is 1. The Morgan fingerprint density at radius 1 is 1.16 bits per heavy atom. The maximum absolute atomic E-state index is 10.2. The molecule has 0 bridgehead atoms. The molecule has 100 valence electrons. The third-order valence-corrected chi connectivity index (χ3v) is 3.61. The third-order valence-electron chi connectivity index (χ3n) is 3.27. The highest BCUT2D eigenvalue weighted by Crippen LogP contribution is 2.18. The number of aromatic nitrogens is 1. The van der Waals surface area contributed by atoms with Crippen molar-refractivity contribution in [1.29, 1.82) is 0 Å². The molecule has 1 N–H and O–H groups in total.